The molecule has 0 aromatic carbocycles. The van der Waals surface area contributed by atoms with Crippen molar-refractivity contribution in [3.63, 3.8) is 0 Å². The van der Waals surface area contributed by atoms with Crippen LogP contribution >= 0.6 is 0 Å². The zero-order valence-electron chi connectivity index (χ0n) is 17.2. The van der Waals surface area contributed by atoms with Gasteiger partial charge in [-0.05, 0) is 13.8 Å². The second kappa shape index (κ2) is 7.14. The van der Waals surface area contributed by atoms with E-state index in [-0.39, 0.29) is 10.8 Å². The van der Waals surface area contributed by atoms with Crippen LogP contribution in [0.3, 0.4) is 0 Å². The largest absolute Gasteiger partial charge is 0.454 e. The zero-order chi connectivity index (χ0) is 20.9. The summed E-state index contributed by atoms with van der Waals surface area (Å²) in [5.74, 6) is -4.43. The van der Waals surface area contributed by atoms with Crippen molar-refractivity contribution >= 4 is 11.9 Å². The molecule has 6 aliphatic rings. The molecule has 164 valence electrons. The molecule has 10 nitrogen and oxygen atoms in total. The van der Waals surface area contributed by atoms with Gasteiger partial charge in [-0.25, -0.2) is 0 Å². The number of ether oxygens (including phenoxy) is 8. The van der Waals surface area contributed by atoms with E-state index in [1.54, 1.807) is 13.8 Å². The Bertz CT molecular complexity index is 571. The van der Waals surface area contributed by atoms with Crippen molar-refractivity contribution in [3.8, 4) is 0 Å². The Kier molecular flexibility index (Phi) is 5.16. The summed E-state index contributed by atoms with van der Waals surface area (Å²) in [5, 5.41) is 0. The maximum atomic E-state index is 12.2. The first-order valence-electron chi connectivity index (χ1n) is 9.81. The molecule has 6 saturated heterocycles. The summed E-state index contributed by atoms with van der Waals surface area (Å²) < 4.78 is 44.4. The molecule has 6 rings (SSSR count). The molecule has 0 saturated carbocycles. The topological polar surface area (TPSA) is 108 Å². The maximum Gasteiger partial charge on any atom is 0.322 e. The van der Waals surface area contributed by atoms with Crippen molar-refractivity contribution in [2.24, 2.45) is 10.8 Å². The highest BCUT2D eigenvalue weighted by molar-refractivity contribution is 5.91. The summed E-state index contributed by atoms with van der Waals surface area (Å²) in [7, 11) is 0. The molecular formula is C19H28O10. The average molecular weight is 416 g/mol. The standard InChI is InChI=1S/C19H28O10/c1-12(18-22-6-16(3,7-23-18)8-24-18)28-14(20)5-15(21)29-13(2)19-25-9-17(4,10-26-19)11-27-19/h12-13H,5-11H2,1-4H3. The van der Waals surface area contributed by atoms with Gasteiger partial charge in [0.15, 0.2) is 12.2 Å². The summed E-state index contributed by atoms with van der Waals surface area (Å²) >= 11 is 0. The maximum absolute atomic E-state index is 12.2. The molecule has 0 amide bonds. The lowest BCUT2D eigenvalue weighted by Gasteiger charge is -2.51. The molecule has 0 aliphatic carbocycles. The minimum Gasteiger partial charge on any atom is -0.454 e. The minimum atomic E-state index is -1.43. The lowest BCUT2D eigenvalue weighted by atomic mass is 9.91. The second-order valence-electron chi connectivity index (χ2n) is 9.00. The Morgan fingerprint density at radius 1 is 0.690 bits per heavy atom. The van der Waals surface area contributed by atoms with Crippen LogP contribution in [0.5, 0.6) is 0 Å². The molecule has 0 aromatic rings. The Hall–Kier alpha value is -1.30. The van der Waals surface area contributed by atoms with Gasteiger partial charge < -0.3 is 37.9 Å². The van der Waals surface area contributed by atoms with Crippen molar-refractivity contribution in [2.75, 3.05) is 39.6 Å². The van der Waals surface area contributed by atoms with Crippen LogP contribution in [0, 0.1) is 10.8 Å². The van der Waals surface area contributed by atoms with Crippen LogP contribution in [0.2, 0.25) is 0 Å². The number of fused-ring (bicyclic) bond motifs is 6. The molecule has 2 unspecified atom stereocenters. The predicted molar refractivity (Wildman–Crippen MR) is 93.1 cm³/mol. The van der Waals surface area contributed by atoms with Crippen LogP contribution in [-0.4, -0.2) is 75.7 Å². The van der Waals surface area contributed by atoms with Crippen molar-refractivity contribution in [3.05, 3.63) is 0 Å². The molecule has 2 atom stereocenters. The van der Waals surface area contributed by atoms with Gasteiger partial charge in [-0.3, -0.25) is 9.59 Å². The van der Waals surface area contributed by atoms with E-state index in [1.165, 1.54) is 0 Å². The normalized spacial score (nSPS) is 42.9. The lowest BCUT2D eigenvalue weighted by Crippen LogP contribution is -2.64. The molecular weight excluding hydrogens is 388 g/mol. The van der Waals surface area contributed by atoms with Gasteiger partial charge in [-0.1, -0.05) is 13.8 Å². The van der Waals surface area contributed by atoms with E-state index in [9.17, 15) is 9.59 Å². The van der Waals surface area contributed by atoms with Gasteiger partial charge in [0.25, 0.3) is 0 Å². The van der Waals surface area contributed by atoms with E-state index in [0.29, 0.717) is 39.6 Å². The van der Waals surface area contributed by atoms with Gasteiger partial charge in [-0.2, -0.15) is 0 Å². The quantitative estimate of drug-likeness (QED) is 0.454. The Morgan fingerprint density at radius 3 is 1.24 bits per heavy atom. The Balaban J connectivity index is 1.26. The molecule has 0 aromatic heterocycles. The summed E-state index contributed by atoms with van der Waals surface area (Å²) in [6, 6.07) is 0. The lowest BCUT2D eigenvalue weighted by molar-refractivity contribution is -0.486. The highest BCUT2D eigenvalue weighted by atomic mass is 16.9. The molecule has 29 heavy (non-hydrogen) atoms. The third-order valence-corrected chi connectivity index (χ3v) is 5.63. The van der Waals surface area contributed by atoms with Crippen LogP contribution in [0.1, 0.15) is 34.1 Å². The zero-order valence-corrected chi connectivity index (χ0v) is 17.2. The van der Waals surface area contributed by atoms with E-state index in [2.05, 4.69) is 0 Å². The number of rotatable bonds is 6. The predicted octanol–water partition coefficient (Wildman–Crippen LogP) is 0.714. The first-order chi connectivity index (χ1) is 13.6. The molecule has 0 radical (unpaired) electrons. The third-order valence-electron chi connectivity index (χ3n) is 5.63. The van der Waals surface area contributed by atoms with Crippen LogP contribution in [0.4, 0.5) is 0 Å². The number of esters is 2. The van der Waals surface area contributed by atoms with E-state index in [1.807, 2.05) is 13.8 Å². The minimum absolute atomic E-state index is 0.202. The SMILES string of the molecule is CC(OC(=O)CC(=O)OC(C)C12OCC(C)(CO1)CO2)C12OCC(C)(CO1)CO2. The van der Waals surface area contributed by atoms with Gasteiger partial charge >= 0.3 is 23.9 Å². The fourth-order valence-electron chi connectivity index (χ4n) is 3.59. The molecule has 6 aliphatic heterocycles. The van der Waals surface area contributed by atoms with E-state index < -0.39 is 42.5 Å². The van der Waals surface area contributed by atoms with Crippen LogP contribution in [0.15, 0.2) is 0 Å². The first-order valence-corrected chi connectivity index (χ1v) is 9.81. The Morgan fingerprint density at radius 2 is 0.966 bits per heavy atom. The summed E-state index contributed by atoms with van der Waals surface area (Å²) in [5.41, 5.74) is -0.403. The second-order valence-corrected chi connectivity index (χ2v) is 9.00. The Labute approximate surface area is 169 Å². The van der Waals surface area contributed by atoms with Crippen molar-refractivity contribution in [1.82, 2.24) is 0 Å². The van der Waals surface area contributed by atoms with Crippen molar-refractivity contribution in [2.45, 2.75) is 58.3 Å². The monoisotopic (exact) mass is 416 g/mol. The van der Waals surface area contributed by atoms with Gasteiger partial charge in [0.05, 0.1) is 39.6 Å². The molecule has 0 spiro atoms. The summed E-state index contributed by atoms with van der Waals surface area (Å²) in [4.78, 5) is 24.4. The average Bonchev–Trinajstić information content (AvgIpc) is 2.69. The van der Waals surface area contributed by atoms with Crippen LogP contribution < -0.4 is 0 Å². The molecule has 6 fully saturated rings. The number of carbonyl (C=O) groups excluding carboxylic acids is 2. The summed E-state index contributed by atoms with van der Waals surface area (Å²) in [6.45, 7) is 9.80. The summed E-state index contributed by atoms with van der Waals surface area (Å²) in [6.07, 6.45) is -2.29. The number of carbonyl (C=O) groups is 2. The number of hydrogen-bond acceptors (Lipinski definition) is 10. The number of hydrogen-bond donors (Lipinski definition) is 0. The molecule has 4 bridgehead atoms. The fourth-order valence-corrected chi connectivity index (χ4v) is 3.59. The first kappa shape index (κ1) is 21.0. The molecule has 10 heteroatoms. The van der Waals surface area contributed by atoms with Gasteiger partial charge in [0.1, 0.15) is 6.42 Å². The highest BCUT2D eigenvalue weighted by Gasteiger charge is 2.56. The fraction of sp³-hybridized carbons (Fsp3) is 0.895. The molecule has 6 heterocycles. The highest BCUT2D eigenvalue weighted by Crippen LogP contribution is 2.41. The van der Waals surface area contributed by atoms with Crippen LogP contribution in [0.25, 0.3) is 0 Å². The van der Waals surface area contributed by atoms with Gasteiger partial charge in [-0.15, -0.1) is 0 Å². The smallest absolute Gasteiger partial charge is 0.322 e. The third kappa shape index (κ3) is 3.89. The van der Waals surface area contributed by atoms with Crippen molar-refractivity contribution in [1.29, 1.82) is 0 Å². The van der Waals surface area contributed by atoms with E-state index in [0.717, 1.165) is 0 Å². The van der Waals surface area contributed by atoms with E-state index >= 15 is 0 Å². The van der Waals surface area contributed by atoms with Crippen LogP contribution in [-0.2, 0) is 47.5 Å². The van der Waals surface area contributed by atoms with Crippen molar-refractivity contribution < 1.29 is 47.5 Å². The van der Waals surface area contributed by atoms with Gasteiger partial charge in [0.2, 0.25) is 0 Å². The molecule has 0 N–H and O–H groups in total. The van der Waals surface area contributed by atoms with Gasteiger partial charge in [0, 0.05) is 10.8 Å². The van der Waals surface area contributed by atoms with E-state index in [4.69, 9.17) is 37.9 Å².